The Morgan fingerprint density at radius 1 is 1.15 bits per heavy atom. The Morgan fingerprint density at radius 2 is 1.96 bits per heavy atom. The van der Waals surface area contributed by atoms with Crippen molar-refractivity contribution in [3.8, 4) is 0 Å². The van der Waals surface area contributed by atoms with E-state index in [1.54, 1.807) is 11.0 Å². The minimum absolute atomic E-state index is 0.256. The number of nitrogens with two attached hydrogens (primary N) is 1. The van der Waals surface area contributed by atoms with Crippen molar-refractivity contribution < 1.29 is 14.6 Å². The van der Waals surface area contributed by atoms with E-state index in [2.05, 4.69) is 24.4 Å². The summed E-state index contributed by atoms with van der Waals surface area (Å²) >= 11 is 0. The van der Waals surface area contributed by atoms with Gasteiger partial charge >= 0.3 is 5.63 Å². The fraction of sp³-hybridized carbons (Fsp3) is 0.435. The summed E-state index contributed by atoms with van der Waals surface area (Å²) < 4.78 is 5.45. The van der Waals surface area contributed by atoms with Crippen LogP contribution in [0.4, 0.5) is 0 Å². The monoisotopic (exact) mass is 366 g/mol. The third kappa shape index (κ3) is 4.23. The molecular formula is C23H30N2O2+2. The lowest BCUT2D eigenvalue weighted by atomic mass is 9.99. The molecule has 142 valence electrons. The quantitative estimate of drug-likeness (QED) is 0.396. The highest BCUT2D eigenvalue weighted by Gasteiger charge is 2.18. The molecule has 27 heavy (non-hydrogen) atoms. The molecule has 0 unspecified atom stereocenters. The molecule has 1 aliphatic rings. The topological polar surface area (TPSA) is 51.3 Å². The highest BCUT2D eigenvalue weighted by molar-refractivity contribution is 6.06. The lowest BCUT2D eigenvalue weighted by Crippen LogP contribution is -3.13. The average molecular weight is 367 g/mol. The van der Waals surface area contributed by atoms with E-state index in [0.29, 0.717) is 5.58 Å². The minimum Gasteiger partial charge on any atom is -0.423 e. The van der Waals surface area contributed by atoms with Crippen LogP contribution in [0.3, 0.4) is 0 Å². The van der Waals surface area contributed by atoms with Crippen molar-refractivity contribution in [2.24, 2.45) is 5.92 Å². The van der Waals surface area contributed by atoms with Gasteiger partial charge in [0.05, 0.1) is 26.2 Å². The van der Waals surface area contributed by atoms with Gasteiger partial charge in [0.1, 0.15) is 12.1 Å². The highest BCUT2D eigenvalue weighted by Crippen LogP contribution is 2.26. The van der Waals surface area contributed by atoms with Gasteiger partial charge in [0.2, 0.25) is 0 Å². The Balaban J connectivity index is 1.42. The summed E-state index contributed by atoms with van der Waals surface area (Å²) in [4.78, 5) is 13.7. The maximum atomic E-state index is 12.0. The molecule has 1 aliphatic heterocycles. The maximum absolute atomic E-state index is 12.0. The molecular weight excluding hydrogens is 336 g/mol. The van der Waals surface area contributed by atoms with Gasteiger partial charge in [-0.05, 0) is 35.6 Å². The molecule has 0 amide bonds. The van der Waals surface area contributed by atoms with Crippen molar-refractivity contribution in [2.75, 3.05) is 26.2 Å². The Kier molecular flexibility index (Phi) is 5.55. The Morgan fingerprint density at radius 3 is 2.81 bits per heavy atom. The van der Waals surface area contributed by atoms with Crippen LogP contribution in [0.5, 0.6) is 0 Å². The minimum atomic E-state index is -0.256. The summed E-state index contributed by atoms with van der Waals surface area (Å²) in [6, 6.07) is 13.9. The summed E-state index contributed by atoms with van der Waals surface area (Å²) in [7, 11) is 0. The summed E-state index contributed by atoms with van der Waals surface area (Å²) in [6.07, 6.45) is 3.97. The molecule has 3 N–H and O–H groups in total. The second-order valence-corrected chi connectivity index (χ2v) is 8.07. The van der Waals surface area contributed by atoms with E-state index in [9.17, 15) is 4.79 Å². The summed E-state index contributed by atoms with van der Waals surface area (Å²) in [5.41, 5.74) is 1.52. The number of fused-ring (bicyclic) bond motifs is 3. The standard InChI is InChI=1S/C23H28N2O2/c1-17-9-13-25(14-10-17)12-4-11-24-16-19-15-22(26)27-21-8-7-18-5-2-3-6-20(18)23(19)21/h2-3,5-8,15,17,24H,4,9-14,16H2,1H3/p+2. The van der Waals surface area contributed by atoms with E-state index in [0.717, 1.165) is 35.3 Å². The van der Waals surface area contributed by atoms with Crippen molar-refractivity contribution in [3.05, 3.63) is 58.4 Å². The predicted molar refractivity (Wildman–Crippen MR) is 109 cm³/mol. The van der Waals surface area contributed by atoms with Gasteiger partial charge in [0.25, 0.3) is 0 Å². The molecule has 1 saturated heterocycles. The van der Waals surface area contributed by atoms with Crippen LogP contribution in [0.1, 0.15) is 31.7 Å². The first kappa shape index (κ1) is 18.2. The van der Waals surface area contributed by atoms with Crippen molar-refractivity contribution in [2.45, 2.75) is 32.7 Å². The first-order valence-corrected chi connectivity index (χ1v) is 10.3. The van der Waals surface area contributed by atoms with E-state index in [1.165, 1.54) is 44.3 Å². The second-order valence-electron chi connectivity index (χ2n) is 8.07. The number of rotatable bonds is 6. The molecule has 0 spiro atoms. The third-order valence-corrected chi connectivity index (χ3v) is 6.00. The fourth-order valence-corrected chi connectivity index (χ4v) is 4.36. The van der Waals surface area contributed by atoms with Gasteiger partial charge in [-0.15, -0.1) is 0 Å². The average Bonchev–Trinajstić information content (AvgIpc) is 2.68. The number of likely N-dealkylation sites (tertiary alicyclic amines) is 1. The molecule has 2 aromatic carbocycles. The molecule has 1 aromatic heterocycles. The van der Waals surface area contributed by atoms with Crippen LogP contribution in [0.2, 0.25) is 0 Å². The Labute approximate surface area is 160 Å². The van der Waals surface area contributed by atoms with Crippen LogP contribution in [0.25, 0.3) is 21.7 Å². The normalized spacial score (nSPS) is 20.3. The molecule has 3 aromatic rings. The van der Waals surface area contributed by atoms with Gasteiger partial charge in [-0.25, -0.2) is 4.79 Å². The van der Waals surface area contributed by atoms with Crippen LogP contribution in [0, 0.1) is 5.92 Å². The number of nitrogens with one attached hydrogen (secondary N) is 1. The molecule has 2 heterocycles. The van der Waals surface area contributed by atoms with Crippen LogP contribution in [0.15, 0.2) is 51.7 Å². The largest absolute Gasteiger partial charge is 0.423 e. The zero-order valence-electron chi connectivity index (χ0n) is 16.2. The first-order valence-electron chi connectivity index (χ1n) is 10.3. The number of piperidine rings is 1. The van der Waals surface area contributed by atoms with Gasteiger partial charge in [-0.3, -0.25) is 0 Å². The number of quaternary nitrogens is 2. The molecule has 0 aliphatic carbocycles. The van der Waals surface area contributed by atoms with Crippen molar-refractivity contribution in [1.82, 2.24) is 0 Å². The van der Waals surface area contributed by atoms with Crippen molar-refractivity contribution in [1.29, 1.82) is 0 Å². The molecule has 0 bridgehead atoms. The number of hydrogen-bond donors (Lipinski definition) is 2. The molecule has 4 heteroatoms. The van der Waals surface area contributed by atoms with Gasteiger partial charge in [0.15, 0.2) is 0 Å². The van der Waals surface area contributed by atoms with Crippen molar-refractivity contribution in [3.63, 3.8) is 0 Å². The fourth-order valence-electron chi connectivity index (χ4n) is 4.36. The van der Waals surface area contributed by atoms with E-state index in [-0.39, 0.29) is 5.63 Å². The smallest absolute Gasteiger partial charge is 0.336 e. The Hall–Kier alpha value is -2.17. The van der Waals surface area contributed by atoms with E-state index < -0.39 is 0 Å². The summed E-state index contributed by atoms with van der Waals surface area (Å²) in [5, 5.41) is 5.76. The molecule has 4 nitrogen and oxygen atoms in total. The lowest BCUT2D eigenvalue weighted by molar-refractivity contribution is -0.907. The van der Waals surface area contributed by atoms with Crippen molar-refractivity contribution >= 4 is 21.7 Å². The van der Waals surface area contributed by atoms with Crippen LogP contribution < -0.4 is 15.8 Å². The molecule has 0 saturated carbocycles. The molecule has 1 fully saturated rings. The van der Waals surface area contributed by atoms with Crippen LogP contribution in [-0.2, 0) is 6.54 Å². The van der Waals surface area contributed by atoms with E-state index in [4.69, 9.17) is 4.42 Å². The first-order chi connectivity index (χ1) is 13.2. The maximum Gasteiger partial charge on any atom is 0.336 e. The lowest BCUT2D eigenvalue weighted by Gasteiger charge is -2.27. The van der Waals surface area contributed by atoms with Crippen LogP contribution in [-0.4, -0.2) is 26.2 Å². The third-order valence-electron chi connectivity index (χ3n) is 6.00. The molecule has 0 radical (unpaired) electrons. The Bertz CT molecular complexity index is 971. The van der Waals surface area contributed by atoms with E-state index >= 15 is 0 Å². The second kappa shape index (κ2) is 8.24. The molecule has 0 atom stereocenters. The number of hydrogen-bond acceptors (Lipinski definition) is 2. The zero-order chi connectivity index (χ0) is 18.6. The number of benzene rings is 2. The summed E-state index contributed by atoms with van der Waals surface area (Å²) in [5.74, 6) is 0.910. The van der Waals surface area contributed by atoms with Gasteiger partial charge < -0.3 is 14.6 Å². The van der Waals surface area contributed by atoms with Gasteiger partial charge in [-0.2, -0.15) is 0 Å². The molecule has 4 rings (SSSR count). The van der Waals surface area contributed by atoms with Gasteiger partial charge in [0, 0.05) is 23.4 Å². The van der Waals surface area contributed by atoms with E-state index in [1.807, 2.05) is 24.3 Å². The highest BCUT2D eigenvalue weighted by atomic mass is 16.4. The van der Waals surface area contributed by atoms with Crippen LogP contribution >= 0.6 is 0 Å². The van der Waals surface area contributed by atoms with Gasteiger partial charge in [-0.1, -0.05) is 37.3 Å². The predicted octanol–water partition coefficient (Wildman–Crippen LogP) is 1.71. The SMILES string of the molecule is CC1CC[NH+](CCC[NH2+]Cc2cc(=O)oc3ccc4ccccc4c23)CC1. The zero-order valence-corrected chi connectivity index (χ0v) is 16.2. The summed E-state index contributed by atoms with van der Waals surface area (Å²) in [6.45, 7) is 8.22.